The van der Waals surface area contributed by atoms with Crippen LogP contribution in [0.25, 0.3) is 10.9 Å². The summed E-state index contributed by atoms with van der Waals surface area (Å²) in [7, 11) is 2.61. The molecule has 3 rings (SSSR count). The minimum Gasteiger partial charge on any atom is -0.496 e. The van der Waals surface area contributed by atoms with Crippen LogP contribution in [0, 0.1) is 0 Å². The molecule has 10 heteroatoms. The summed E-state index contributed by atoms with van der Waals surface area (Å²) in [5, 5.41) is 11.6. The number of ether oxygens (including phenoxy) is 2. The first-order chi connectivity index (χ1) is 16.3. The average molecular weight is 509 g/mol. The fourth-order valence-corrected chi connectivity index (χ4v) is 4.02. The first kappa shape index (κ1) is 26.4. The third kappa shape index (κ3) is 5.57. The van der Waals surface area contributed by atoms with Gasteiger partial charge in [0.2, 0.25) is 0 Å². The van der Waals surface area contributed by atoms with E-state index in [9.17, 15) is 23.1 Å². The number of carbonyl (C=O) groups excluding carboxylic acids is 1. The fourth-order valence-electron chi connectivity index (χ4n) is 3.86. The molecule has 1 unspecified atom stereocenters. The summed E-state index contributed by atoms with van der Waals surface area (Å²) in [5.74, 6) is -0.336. The van der Waals surface area contributed by atoms with E-state index in [-0.39, 0.29) is 11.4 Å². The number of aromatic nitrogens is 1. The molecule has 1 aromatic heterocycles. The first-order valence-electron chi connectivity index (χ1n) is 10.5. The lowest BCUT2D eigenvalue weighted by Crippen LogP contribution is -2.50. The predicted octanol–water partition coefficient (Wildman–Crippen LogP) is 6.05. The van der Waals surface area contributed by atoms with Gasteiger partial charge in [0.15, 0.2) is 5.60 Å². The molecule has 0 amide bonds. The number of pyridine rings is 1. The second-order valence-corrected chi connectivity index (χ2v) is 9.05. The molecule has 0 aliphatic rings. The van der Waals surface area contributed by atoms with E-state index in [4.69, 9.17) is 16.3 Å². The van der Waals surface area contributed by atoms with Crippen molar-refractivity contribution in [2.75, 3.05) is 14.2 Å². The number of hydrogen-bond donors (Lipinski definition) is 1. The third-order valence-electron chi connectivity index (χ3n) is 5.62. The summed E-state index contributed by atoms with van der Waals surface area (Å²) >= 11 is 5.99. The van der Waals surface area contributed by atoms with Crippen LogP contribution in [0.3, 0.4) is 0 Å². The standard InChI is InChI=1S/C25H24ClF3N2O4/c1-23(2,17-10-8-15(26)12-21(17)34-3)13-24(33,25(27,28)29)14-30-18-6-5-7-19-16(18)9-11-20(31-19)22(32)35-4/h5-12,14,33H,13H2,1-4H3. The SMILES string of the molecule is COC(=O)c1ccc2c(N=CC(O)(CC(C)(C)c3ccc(Cl)cc3OC)C(F)(F)F)cccc2n1. The minimum atomic E-state index is -5.02. The van der Waals surface area contributed by atoms with E-state index in [0.29, 0.717) is 33.5 Å². The van der Waals surface area contributed by atoms with Crippen molar-refractivity contribution < 1.29 is 32.5 Å². The van der Waals surface area contributed by atoms with Gasteiger partial charge in [0, 0.05) is 16.6 Å². The maximum absolute atomic E-state index is 14.1. The zero-order valence-electron chi connectivity index (χ0n) is 19.5. The number of nitrogens with zero attached hydrogens (tertiary/aromatic N) is 2. The van der Waals surface area contributed by atoms with Gasteiger partial charge < -0.3 is 14.6 Å². The highest BCUT2D eigenvalue weighted by molar-refractivity contribution is 6.30. The number of aliphatic imine (C=N–C) groups is 1. The summed E-state index contributed by atoms with van der Waals surface area (Å²) in [6.45, 7) is 3.14. The molecule has 0 radical (unpaired) electrons. The molecule has 0 saturated heterocycles. The van der Waals surface area contributed by atoms with Crippen molar-refractivity contribution in [2.45, 2.75) is 37.5 Å². The van der Waals surface area contributed by atoms with Crippen LogP contribution < -0.4 is 4.74 Å². The number of hydrogen-bond acceptors (Lipinski definition) is 6. The Labute approximate surface area is 205 Å². The molecule has 0 aliphatic heterocycles. The van der Waals surface area contributed by atoms with Gasteiger partial charge in [-0.25, -0.2) is 9.78 Å². The zero-order chi connectivity index (χ0) is 26.0. The van der Waals surface area contributed by atoms with E-state index in [1.807, 2.05) is 0 Å². The Morgan fingerprint density at radius 3 is 2.49 bits per heavy atom. The van der Waals surface area contributed by atoms with E-state index in [2.05, 4.69) is 14.7 Å². The Hall–Kier alpha value is -3.17. The number of benzene rings is 2. The Kier molecular flexibility index (Phi) is 7.42. The van der Waals surface area contributed by atoms with Crippen LogP contribution in [0.1, 0.15) is 36.3 Å². The number of fused-ring (bicyclic) bond motifs is 1. The third-order valence-corrected chi connectivity index (χ3v) is 5.85. The van der Waals surface area contributed by atoms with Crippen LogP contribution in [-0.2, 0) is 10.2 Å². The van der Waals surface area contributed by atoms with Crippen molar-refractivity contribution in [3.05, 3.63) is 64.8 Å². The Morgan fingerprint density at radius 1 is 1.14 bits per heavy atom. The Morgan fingerprint density at radius 2 is 1.86 bits per heavy atom. The highest BCUT2D eigenvalue weighted by Gasteiger charge is 2.55. The first-order valence-corrected chi connectivity index (χ1v) is 10.9. The Bertz CT molecular complexity index is 1280. The normalized spacial score (nSPS) is 14.2. The minimum absolute atomic E-state index is 0.0478. The maximum atomic E-state index is 14.1. The Balaban J connectivity index is 2.02. The van der Waals surface area contributed by atoms with Crippen molar-refractivity contribution >= 4 is 40.4 Å². The van der Waals surface area contributed by atoms with E-state index < -0.39 is 29.6 Å². The largest absolute Gasteiger partial charge is 0.496 e. The topological polar surface area (TPSA) is 81.0 Å². The molecule has 3 aromatic rings. The number of aliphatic hydroxyl groups is 1. The van der Waals surface area contributed by atoms with Crippen molar-refractivity contribution in [3.63, 3.8) is 0 Å². The fraction of sp³-hybridized carbons (Fsp3) is 0.320. The van der Waals surface area contributed by atoms with Crippen LogP contribution in [0.2, 0.25) is 5.02 Å². The predicted molar refractivity (Wildman–Crippen MR) is 128 cm³/mol. The van der Waals surface area contributed by atoms with Crippen molar-refractivity contribution in [3.8, 4) is 5.75 Å². The zero-order valence-corrected chi connectivity index (χ0v) is 20.2. The average Bonchev–Trinajstić information content (AvgIpc) is 2.80. The molecular weight excluding hydrogens is 485 g/mol. The lowest BCUT2D eigenvalue weighted by atomic mass is 9.75. The number of esters is 1. The van der Waals surface area contributed by atoms with Gasteiger partial charge in [-0.15, -0.1) is 0 Å². The lowest BCUT2D eigenvalue weighted by molar-refractivity contribution is -0.234. The van der Waals surface area contributed by atoms with Gasteiger partial charge >= 0.3 is 12.1 Å². The molecule has 2 aromatic carbocycles. The number of methoxy groups -OCH3 is 2. The summed E-state index contributed by atoms with van der Waals surface area (Å²) < 4.78 is 52.4. The van der Waals surface area contributed by atoms with E-state index in [1.165, 1.54) is 44.6 Å². The molecule has 0 bridgehead atoms. The smallest absolute Gasteiger partial charge is 0.422 e. The number of rotatable bonds is 7. The van der Waals surface area contributed by atoms with Crippen LogP contribution in [0.5, 0.6) is 5.75 Å². The molecule has 1 N–H and O–H groups in total. The van der Waals surface area contributed by atoms with E-state index in [0.717, 1.165) is 0 Å². The van der Waals surface area contributed by atoms with Crippen molar-refractivity contribution in [1.82, 2.24) is 4.98 Å². The summed E-state index contributed by atoms with van der Waals surface area (Å²) in [4.78, 5) is 19.9. The molecule has 0 fully saturated rings. The van der Waals surface area contributed by atoms with Gasteiger partial charge in [0.25, 0.3) is 0 Å². The monoisotopic (exact) mass is 508 g/mol. The van der Waals surface area contributed by atoms with Crippen LogP contribution in [0.4, 0.5) is 18.9 Å². The molecular formula is C25H24ClF3N2O4. The van der Waals surface area contributed by atoms with Crippen LogP contribution >= 0.6 is 11.6 Å². The highest BCUT2D eigenvalue weighted by Crippen LogP contribution is 2.43. The van der Waals surface area contributed by atoms with Gasteiger partial charge in [-0.1, -0.05) is 37.6 Å². The molecule has 1 atom stereocenters. The quantitative estimate of drug-likeness (QED) is 0.310. The van der Waals surface area contributed by atoms with Crippen molar-refractivity contribution in [1.29, 1.82) is 0 Å². The molecule has 0 spiro atoms. The summed E-state index contributed by atoms with van der Waals surface area (Å²) in [6, 6.07) is 12.1. The van der Waals surface area contributed by atoms with Crippen LogP contribution in [0.15, 0.2) is 53.5 Å². The highest BCUT2D eigenvalue weighted by atomic mass is 35.5. The van der Waals surface area contributed by atoms with Gasteiger partial charge in [-0.2, -0.15) is 13.2 Å². The lowest BCUT2D eigenvalue weighted by Gasteiger charge is -2.36. The molecule has 0 saturated carbocycles. The molecule has 35 heavy (non-hydrogen) atoms. The van der Waals surface area contributed by atoms with Gasteiger partial charge in [0.05, 0.1) is 25.4 Å². The van der Waals surface area contributed by atoms with E-state index in [1.54, 1.807) is 32.0 Å². The summed E-state index contributed by atoms with van der Waals surface area (Å²) in [5.41, 5.74) is -3.46. The van der Waals surface area contributed by atoms with Crippen LogP contribution in [-0.4, -0.2) is 48.3 Å². The second kappa shape index (κ2) is 9.83. The number of halogens is 4. The van der Waals surface area contributed by atoms with Crippen molar-refractivity contribution in [2.24, 2.45) is 4.99 Å². The number of carbonyl (C=O) groups is 1. The molecule has 6 nitrogen and oxygen atoms in total. The molecule has 1 heterocycles. The number of alkyl halides is 3. The molecule has 186 valence electrons. The maximum Gasteiger partial charge on any atom is 0.422 e. The van der Waals surface area contributed by atoms with Gasteiger partial charge in [-0.05, 0) is 53.8 Å². The second-order valence-electron chi connectivity index (χ2n) is 8.62. The van der Waals surface area contributed by atoms with Gasteiger partial charge in [0.1, 0.15) is 11.4 Å². The summed E-state index contributed by atoms with van der Waals surface area (Å²) in [6.07, 6.45) is -5.26. The molecule has 0 aliphatic carbocycles. The van der Waals surface area contributed by atoms with Gasteiger partial charge in [-0.3, -0.25) is 4.99 Å². The van der Waals surface area contributed by atoms with E-state index >= 15 is 0 Å².